The van der Waals surface area contributed by atoms with Crippen LogP contribution in [0.4, 0.5) is 0 Å². The maximum Gasteiger partial charge on any atom is -0.0500 e. The van der Waals surface area contributed by atoms with E-state index in [9.17, 15) is 0 Å². The Labute approximate surface area is 232 Å². The first kappa shape index (κ1) is 92.6. The Hall–Kier alpha value is 0. The minimum Gasteiger partial charge on any atom is -0.0683 e. The first-order chi connectivity index (χ1) is 16.4. The van der Waals surface area contributed by atoms with E-state index in [1.54, 1.807) is 0 Å². The fraction of sp³-hybridized carbons (Fsp3) is 1.00. The van der Waals surface area contributed by atoms with Gasteiger partial charge in [0.15, 0.2) is 0 Å². The zero-order valence-corrected chi connectivity index (χ0v) is 32.4. The summed E-state index contributed by atoms with van der Waals surface area (Å²) in [4.78, 5) is 0. The van der Waals surface area contributed by atoms with Crippen LogP contribution in [0.5, 0.6) is 0 Å². The second-order valence-electron chi connectivity index (χ2n) is 4.56. The van der Waals surface area contributed by atoms with Gasteiger partial charge in [0.25, 0.3) is 0 Å². The van der Waals surface area contributed by atoms with Crippen LogP contribution in [0.2, 0.25) is 0 Å². The molecule has 0 aliphatic carbocycles. The van der Waals surface area contributed by atoms with Crippen LogP contribution in [-0.2, 0) is 0 Å². The molecule has 232 valence electrons. The van der Waals surface area contributed by atoms with E-state index < -0.39 is 0 Å². The molecule has 34 heavy (non-hydrogen) atoms. The lowest BCUT2D eigenvalue weighted by atomic mass is 10.3. The second kappa shape index (κ2) is 690. The van der Waals surface area contributed by atoms with E-state index in [1.807, 2.05) is 125 Å². The molecule has 0 unspecified atom stereocenters. The minimum atomic E-state index is 0.833. The largest absolute Gasteiger partial charge is 0.0683 e. The lowest BCUT2D eigenvalue weighted by molar-refractivity contribution is 0.737. The highest BCUT2D eigenvalue weighted by atomic mass is 13.7. The van der Waals surface area contributed by atoms with Gasteiger partial charge < -0.3 is 0 Å². The summed E-state index contributed by atoms with van der Waals surface area (Å²) in [5.74, 6) is 0.833. The predicted octanol–water partition coefficient (Wildman–Crippen LogP) is 16.6. The van der Waals surface area contributed by atoms with Crippen LogP contribution >= 0.6 is 0 Å². The molecule has 0 saturated heterocycles. The first-order valence-corrected chi connectivity index (χ1v) is 16.4. The smallest absolute Gasteiger partial charge is 0.0500 e. The van der Waals surface area contributed by atoms with Crippen LogP contribution in [-0.4, -0.2) is 0 Å². The molecule has 0 saturated carbocycles. The maximum absolute atomic E-state index is 2.17. The van der Waals surface area contributed by atoms with Gasteiger partial charge >= 0.3 is 0 Å². The number of rotatable bonds is 0. The van der Waals surface area contributed by atoms with Gasteiger partial charge in [0.2, 0.25) is 0 Å². The molecule has 0 atom stereocenters. The topological polar surface area (TPSA) is 0 Å². The monoisotopic (exact) mass is 505 g/mol. The van der Waals surface area contributed by atoms with E-state index in [1.165, 1.54) is 25.7 Å². The highest BCUT2D eigenvalue weighted by Gasteiger charge is 1.68. The third-order valence-electron chi connectivity index (χ3n) is 0. The number of hydrogen-bond donors (Lipinski definition) is 0. The molecule has 0 heteroatoms. The normalized spacial score (nSPS) is 4.76. The van der Waals surface area contributed by atoms with Gasteiger partial charge in [0.05, 0.1) is 0 Å². The zero-order chi connectivity index (χ0) is 32.4. The Morgan fingerprint density at radius 1 is 0.235 bits per heavy atom. The van der Waals surface area contributed by atoms with Crippen LogP contribution in [0, 0.1) is 5.92 Å². The lowest BCUT2D eigenvalue weighted by Gasteiger charge is -1.79. The van der Waals surface area contributed by atoms with Gasteiger partial charge in [-0.1, -0.05) is 226 Å². The molecule has 0 radical (unpaired) electrons. The van der Waals surface area contributed by atoms with Crippen molar-refractivity contribution in [3.63, 3.8) is 0 Å². The molecule has 0 aromatic carbocycles. The molecular weight excluding hydrogens is 408 g/mol. The van der Waals surface area contributed by atoms with Gasteiger partial charge in [-0.2, -0.15) is 0 Å². The summed E-state index contributed by atoms with van der Waals surface area (Å²) in [5, 5.41) is 0. The molecule has 0 aromatic heterocycles. The van der Waals surface area contributed by atoms with Crippen molar-refractivity contribution in [1.82, 2.24) is 0 Å². The Morgan fingerprint density at radius 2 is 0.235 bits per heavy atom. The summed E-state index contributed by atoms with van der Waals surface area (Å²) < 4.78 is 0. The van der Waals surface area contributed by atoms with Crippen molar-refractivity contribution < 1.29 is 0 Å². The molecule has 0 aliphatic rings. The fourth-order valence-electron chi connectivity index (χ4n) is 0. The zero-order valence-electron chi connectivity index (χ0n) is 32.4. The summed E-state index contributed by atoms with van der Waals surface area (Å²) >= 11 is 0. The summed E-state index contributed by atoms with van der Waals surface area (Å²) in [6.07, 6.45) is 5.00. The molecule has 0 rings (SSSR count). The van der Waals surface area contributed by atoms with Gasteiger partial charge in [-0.15, -0.1) is 0 Å². The van der Waals surface area contributed by atoms with Gasteiger partial charge in [0.1, 0.15) is 0 Å². The van der Waals surface area contributed by atoms with Gasteiger partial charge in [-0.25, -0.2) is 0 Å². The van der Waals surface area contributed by atoms with Crippen LogP contribution in [0.15, 0.2) is 0 Å². The molecule has 0 amide bonds. The number of hydrogen-bond acceptors (Lipinski definition) is 0. The van der Waals surface area contributed by atoms with Crippen LogP contribution < -0.4 is 0 Å². The lowest BCUT2D eigenvalue weighted by Crippen LogP contribution is -1.66. The second-order valence-corrected chi connectivity index (χ2v) is 4.56. The van der Waals surface area contributed by atoms with Gasteiger partial charge in [-0.3, -0.25) is 0 Å². The van der Waals surface area contributed by atoms with Crippen molar-refractivity contribution >= 4 is 0 Å². The Bertz CT molecular complexity index is 26.5. The Balaban J connectivity index is -0.0000000107. The molecule has 0 aliphatic heterocycles. The highest BCUT2D eigenvalue weighted by Crippen LogP contribution is 1.81. The summed E-state index contributed by atoms with van der Waals surface area (Å²) in [5.41, 5.74) is 0. The quantitative estimate of drug-likeness (QED) is 0.307. The van der Waals surface area contributed by atoms with E-state index in [2.05, 4.69) is 76.2 Å². The molecule has 0 N–H and O–H groups in total. The predicted molar refractivity (Wildman–Crippen MR) is 187 cm³/mol. The van der Waals surface area contributed by atoms with Crippen LogP contribution in [0.1, 0.15) is 226 Å². The van der Waals surface area contributed by atoms with E-state index in [0.717, 1.165) is 5.92 Å². The Kier molecular flexibility index (Phi) is 1880. The summed E-state index contributed by atoms with van der Waals surface area (Å²) in [6.45, 7) is 59.5. The molecule has 0 spiro atoms. The van der Waals surface area contributed by atoms with E-state index in [-0.39, 0.29) is 0 Å². The van der Waals surface area contributed by atoms with Crippen molar-refractivity contribution in [3.05, 3.63) is 0 Å². The van der Waals surface area contributed by atoms with Crippen LogP contribution in [0.3, 0.4) is 0 Å². The maximum atomic E-state index is 2.17. The molecule has 0 nitrogen and oxygen atoms in total. The summed E-state index contributed by atoms with van der Waals surface area (Å²) in [7, 11) is 0. The SMILES string of the molecule is CC.CC.CC.CC.CC.CC.CC.CC.CC.CC(C)C.CCC.CCC.CCC.CCC. The third-order valence-corrected chi connectivity index (χ3v) is 0. The fourth-order valence-corrected chi connectivity index (χ4v) is 0. The van der Waals surface area contributed by atoms with Crippen molar-refractivity contribution in [2.45, 2.75) is 226 Å². The standard InChI is InChI=1S/C4H10.4C3H8.9C2H6/c1-4(2)3;4*1-3-2;9*1-2/h4H,1-3H3;4*3H2,1-2H3;9*1-2H3. The van der Waals surface area contributed by atoms with Crippen LogP contribution in [0.25, 0.3) is 0 Å². The van der Waals surface area contributed by atoms with Crippen molar-refractivity contribution in [3.8, 4) is 0 Å². The first-order valence-electron chi connectivity index (χ1n) is 16.4. The molecule has 0 fully saturated rings. The van der Waals surface area contributed by atoms with Crippen molar-refractivity contribution in [1.29, 1.82) is 0 Å². The third kappa shape index (κ3) is 0. The molecule has 0 heterocycles. The van der Waals surface area contributed by atoms with Crippen molar-refractivity contribution in [2.24, 2.45) is 5.92 Å². The highest BCUT2D eigenvalue weighted by molar-refractivity contribution is 4.20. The van der Waals surface area contributed by atoms with E-state index in [4.69, 9.17) is 0 Å². The molecular formula is C34H96. The average molecular weight is 505 g/mol. The van der Waals surface area contributed by atoms with E-state index >= 15 is 0 Å². The van der Waals surface area contributed by atoms with E-state index in [0.29, 0.717) is 0 Å². The average Bonchev–Trinajstić information content (AvgIpc) is 2.91. The van der Waals surface area contributed by atoms with Gasteiger partial charge in [-0.05, 0) is 5.92 Å². The summed E-state index contributed by atoms with van der Waals surface area (Å²) in [6, 6.07) is 0. The van der Waals surface area contributed by atoms with Crippen molar-refractivity contribution in [2.75, 3.05) is 0 Å². The molecule has 0 aromatic rings. The van der Waals surface area contributed by atoms with Gasteiger partial charge in [0, 0.05) is 0 Å². The Morgan fingerprint density at radius 3 is 0.235 bits per heavy atom. The minimum absolute atomic E-state index is 0.833. The molecule has 0 bridgehead atoms.